The fourth-order valence-electron chi connectivity index (χ4n) is 2.54. The van der Waals surface area contributed by atoms with Crippen LogP contribution in [0.3, 0.4) is 0 Å². The third-order valence-electron chi connectivity index (χ3n) is 3.96. The summed E-state index contributed by atoms with van der Waals surface area (Å²) in [5, 5.41) is 16.5. The van der Waals surface area contributed by atoms with Crippen LogP contribution < -0.4 is 10.6 Å². The molecule has 8 heteroatoms. The summed E-state index contributed by atoms with van der Waals surface area (Å²) in [5.74, 6) is 0. The first-order valence-corrected chi connectivity index (χ1v) is 9.20. The van der Waals surface area contributed by atoms with Crippen molar-refractivity contribution in [1.29, 1.82) is 0 Å². The average molecular weight is 389 g/mol. The lowest BCUT2D eigenvalue weighted by Crippen LogP contribution is -2.31. The lowest BCUT2D eigenvalue weighted by atomic mass is 10.2. The number of rotatable bonds is 6. The Morgan fingerprint density at radius 2 is 2.08 bits per heavy atom. The molecule has 1 unspecified atom stereocenters. The Kier molecular flexibility index (Phi) is 5.90. The van der Waals surface area contributed by atoms with Gasteiger partial charge in [-0.25, -0.2) is 0 Å². The van der Waals surface area contributed by atoms with Gasteiger partial charge in [-0.05, 0) is 43.8 Å². The highest BCUT2D eigenvalue weighted by molar-refractivity contribution is 7.80. The van der Waals surface area contributed by atoms with Crippen molar-refractivity contribution < 1.29 is 0 Å². The molecule has 0 fully saturated rings. The Balaban J connectivity index is 1.56. The number of hydrogen-bond donors (Lipinski definition) is 2. The van der Waals surface area contributed by atoms with Crippen molar-refractivity contribution in [3.8, 4) is 0 Å². The van der Waals surface area contributed by atoms with E-state index < -0.39 is 0 Å². The molecule has 2 aromatic heterocycles. The van der Waals surface area contributed by atoms with Gasteiger partial charge < -0.3 is 10.6 Å². The van der Waals surface area contributed by atoms with Gasteiger partial charge in [-0.1, -0.05) is 29.8 Å². The van der Waals surface area contributed by atoms with E-state index in [9.17, 15) is 0 Å². The molecular weight excluding hydrogens is 368 g/mol. The molecule has 26 heavy (non-hydrogen) atoms. The van der Waals surface area contributed by atoms with Gasteiger partial charge in [0.05, 0.1) is 30.2 Å². The van der Waals surface area contributed by atoms with Crippen LogP contribution in [0.25, 0.3) is 0 Å². The summed E-state index contributed by atoms with van der Waals surface area (Å²) in [5.41, 5.74) is 2.79. The van der Waals surface area contributed by atoms with Gasteiger partial charge in [0.15, 0.2) is 5.11 Å². The standard InChI is InChI=1S/C18H21ClN6S/c1-3-24-9-8-17(23-24)13(2)21-18(26)22-15-10-20-25(12-15)11-14-6-4-5-7-16(14)19/h4-10,12-13H,3,11H2,1-2H3,(H2,21,22,26). The maximum atomic E-state index is 6.20. The fourth-order valence-corrected chi connectivity index (χ4v) is 3.03. The number of hydrogen-bond acceptors (Lipinski definition) is 3. The molecule has 0 amide bonds. The summed E-state index contributed by atoms with van der Waals surface area (Å²) in [6, 6.07) is 9.74. The summed E-state index contributed by atoms with van der Waals surface area (Å²) in [7, 11) is 0. The minimum atomic E-state index is 0.0148. The molecule has 0 saturated carbocycles. The minimum Gasteiger partial charge on any atom is -0.354 e. The van der Waals surface area contributed by atoms with Crippen molar-refractivity contribution in [2.45, 2.75) is 33.0 Å². The number of thiocarbonyl (C=S) groups is 1. The third kappa shape index (κ3) is 4.62. The van der Waals surface area contributed by atoms with Crippen molar-refractivity contribution in [2.75, 3.05) is 5.32 Å². The summed E-state index contributed by atoms with van der Waals surface area (Å²) in [6.45, 7) is 5.53. The predicted octanol–water partition coefficient (Wildman–Crippen LogP) is 3.85. The third-order valence-corrected chi connectivity index (χ3v) is 4.55. The van der Waals surface area contributed by atoms with Crippen LogP contribution in [0.15, 0.2) is 48.9 Å². The van der Waals surface area contributed by atoms with E-state index in [2.05, 4.69) is 27.8 Å². The maximum Gasteiger partial charge on any atom is 0.171 e. The molecule has 0 aliphatic heterocycles. The lowest BCUT2D eigenvalue weighted by Gasteiger charge is -2.14. The van der Waals surface area contributed by atoms with Gasteiger partial charge in [-0.15, -0.1) is 0 Å². The Hall–Kier alpha value is -2.38. The zero-order valence-corrected chi connectivity index (χ0v) is 16.3. The van der Waals surface area contributed by atoms with E-state index in [0.717, 1.165) is 28.5 Å². The predicted molar refractivity (Wildman–Crippen MR) is 108 cm³/mol. The maximum absolute atomic E-state index is 6.20. The minimum absolute atomic E-state index is 0.0148. The van der Waals surface area contributed by atoms with Crippen LogP contribution in [0, 0.1) is 0 Å². The molecule has 136 valence electrons. The van der Waals surface area contributed by atoms with Crippen LogP contribution in [0.4, 0.5) is 5.69 Å². The van der Waals surface area contributed by atoms with E-state index in [1.807, 2.05) is 59.0 Å². The topological polar surface area (TPSA) is 59.7 Å². The Labute approximate surface area is 163 Å². The van der Waals surface area contributed by atoms with Crippen molar-refractivity contribution in [2.24, 2.45) is 0 Å². The number of halogens is 1. The first-order valence-electron chi connectivity index (χ1n) is 8.42. The second-order valence-corrected chi connectivity index (χ2v) is 6.75. The molecule has 0 radical (unpaired) electrons. The summed E-state index contributed by atoms with van der Waals surface area (Å²) < 4.78 is 3.71. The average Bonchev–Trinajstić information content (AvgIpc) is 3.26. The largest absolute Gasteiger partial charge is 0.354 e. The number of anilines is 1. The van der Waals surface area contributed by atoms with Crippen molar-refractivity contribution in [3.63, 3.8) is 0 Å². The van der Waals surface area contributed by atoms with E-state index in [0.29, 0.717) is 11.7 Å². The van der Waals surface area contributed by atoms with Crippen LogP contribution in [0.2, 0.25) is 5.02 Å². The highest BCUT2D eigenvalue weighted by Crippen LogP contribution is 2.17. The fraction of sp³-hybridized carbons (Fsp3) is 0.278. The smallest absolute Gasteiger partial charge is 0.171 e. The summed E-state index contributed by atoms with van der Waals surface area (Å²) in [6.07, 6.45) is 5.60. The second-order valence-electron chi connectivity index (χ2n) is 5.93. The van der Waals surface area contributed by atoms with E-state index in [1.54, 1.807) is 6.20 Å². The molecule has 3 aromatic rings. The van der Waals surface area contributed by atoms with E-state index in [1.165, 1.54) is 0 Å². The van der Waals surface area contributed by atoms with E-state index >= 15 is 0 Å². The molecule has 0 bridgehead atoms. The molecule has 1 atom stereocenters. The number of benzene rings is 1. The Morgan fingerprint density at radius 3 is 2.81 bits per heavy atom. The van der Waals surface area contributed by atoms with Crippen LogP contribution in [0.1, 0.15) is 31.1 Å². The number of nitrogens with zero attached hydrogens (tertiary/aromatic N) is 4. The zero-order valence-electron chi connectivity index (χ0n) is 14.7. The highest BCUT2D eigenvalue weighted by atomic mass is 35.5. The number of aryl methyl sites for hydroxylation is 1. The van der Waals surface area contributed by atoms with Crippen LogP contribution >= 0.6 is 23.8 Å². The number of nitrogens with one attached hydrogen (secondary N) is 2. The molecule has 0 spiro atoms. The monoisotopic (exact) mass is 388 g/mol. The van der Waals surface area contributed by atoms with Gasteiger partial charge in [0.25, 0.3) is 0 Å². The Bertz CT molecular complexity index is 887. The normalized spacial score (nSPS) is 12.0. The van der Waals surface area contributed by atoms with Gasteiger partial charge in [0, 0.05) is 24.0 Å². The molecule has 2 N–H and O–H groups in total. The summed E-state index contributed by atoms with van der Waals surface area (Å²) >= 11 is 11.6. The second kappa shape index (κ2) is 8.33. The van der Waals surface area contributed by atoms with Crippen LogP contribution in [-0.4, -0.2) is 24.7 Å². The quantitative estimate of drug-likeness (QED) is 0.628. The van der Waals surface area contributed by atoms with Crippen molar-refractivity contribution >= 4 is 34.6 Å². The molecule has 6 nitrogen and oxygen atoms in total. The van der Waals surface area contributed by atoms with Crippen LogP contribution in [0.5, 0.6) is 0 Å². The van der Waals surface area contributed by atoms with Crippen LogP contribution in [-0.2, 0) is 13.1 Å². The molecule has 3 rings (SSSR count). The molecule has 0 saturated heterocycles. The first-order chi connectivity index (χ1) is 12.5. The van der Waals surface area contributed by atoms with E-state index in [-0.39, 0.29) is 6.04 Å². The van der Waals surface area contributed by atoms with E-state index in [4.69, 9.17) is 23.8 Å². The van der Waals surface area contributed by atoms with Gasteiger partial charge >= 0.3 is 0 Å². The number of aromatic nitrogens is 4. The Morgan fingerprint density at radius 1 is 1.27 bits per heavy atom. The molecule has 0 aliphatic carbocycles. The van der Waals surface area contributed by atoms with Gasteiger partial charge in [0.1, 0.15) is 0 Å². The summed E-state index contributed by atoms with van der Waals surface area (Å²) in [4.78, 5) is 0. The van der Waals surface area contributed by atoms with Gasteiger partial charge in [0.2, 0.25) is 0 Å². The SMILES string of the molecule is CCn1ccc(C(C)NC(=S)Nc2cnn(Cc3ccccc3Cl)c2)n1. The zero-order chi connectivity index (χ0) is 18.5. The molecular formula is C18H21ClN6S. The molecule has 0 aliphatic rings. The molecule has 1 aromatic carbocycles. The molecule has 2 heterocycles. The lowest BCUT2D eigenvalue weighted by molar-refractivity contribution is 0.613. The van der Waals surface area contributed by atoms with Gasteiger partial charge in [-0.3, -0.25) is 9.36 Å². The van der Waals surface area contributed by atoms with Crippen molar-refractivity contribution in [3.05, 3.63) is 65.2 Å². The van der Waals surface area contributed by atoms with Crippen molar-refractivity contribution in [1.82, 2.24) is 24.9 Å². The highest BCUT2D eigenvalue weighted by Gasteiger charge is 2.11. The first kappa shape index (κ1) is 18.4. The van der Waals surface area contributed by atoms with Gasteiger partial charge in [-0.2, -0.15) is 10.2 Å².